The molecule has 0 unspecified atom stereocenters. The van der Waals surface area contributed by atoms with Gasteiger partial charge >= 0.3 is 6.18 Å². The van der Waals surface area contributed by atoms with Crippen LogP contribution in [0.5, 0.6) is 0 Å². The van der Waals surface area contributed by atoms with Gasteiger partial charge in [-0.25, -0.2) is 0 Å². The Morgan fingerprint density at radius 2 is 1.83 bits per heavy atom. The zero-order chi connectivity index (χ0) is 18.0. The molecular formula is C17H26F3N3O. The summed E-state index contributed by atoms with van der Waals surface area (Å²) in [5.41, 5.74) is 2.47. The summed E-state index contributed by atoms with van der Waals surface area (Å²) in [7, 11) is 3.60. The van der Waals surface area contributed by atoms with Crippen LogP contribution in [0.1, 0.15) is 24.5 Å². The second-order valence-corrected chi connectivity index (χ2v) is 5.52. The van der Waals surface area contributed by atoms with E-state index in [1.54, 1.807) is 7.05 Å². The Bertz CT molecular complexity index is 501. The summed E-state index contributed by atoms with van der Waals surface area (Å²) in [6.45, 7) is 2.18. The van der Waals surface area contributed by atoms with Gasteiger partial charge in [-0.05, 0) is 24.0 Å². The van der Waals surface area contributed by atoms with Crippen LogP contribution in [0, 0.1) is 0 Å². The fourth-order valence-electron chi connectivity index (χ4n) is 2.18. The topological polar surface area (TPSA) is 36.9 Å². The van der Waals surface area contributed by atoms with Crippen LogP contribution in [-0.4, -0.2) is 50.9 Å². The summed E-state index contributed by atoms with van der Waals surface area (Å²) in [6, 6.07) is 8.40. The van der Waals surface area contributed by atoms with E-state index >= 15 is 0 Å². The largest absolute Gasteiger partial charge is 0.411 e. The van der Waals surface area contributed by atoms with Crippen molar-refractivity contribution in [3.05, 3.63) is 35.4 Å². The SMILES string of the molecule is CCc1ccc(CN(C)C(=NC)NCCCOCC(F)(F)F)cc1. The number of rotatable bonds is 8. The molecule has 1 aromatic rings. The molecular weight excluding hydrogens is 319 g/mol. The first kappa shape index (κ1) is 20.3. The number of guanidine groups is 1. The lowest BCUT2D eigenvalue weighted by Gasteiger charge is -2.22. The molecule has 0 radical (unpaired) electrons. The fraction of sp³-hybridized carbons (Fsp3) is 0.588. The van der Waals surface area contributed by atoms with Crippen LogP contribution < -0.4 is 5.32 Å². The van der Waals surface area contributed by atoms with Gasteiger partial charge in [-0.2, -0.15) is 13.2 Å². The summed E-state index contributed by atoms with van der Waals surface area (Å²) < 4.78 is 40.4. The molecule has 0 aliphatic carbocycles. The molecule has 1 rings (SSSR count). The normalized spacial score (nSPS) is 12.3. The number of halogens is 3. The highest BCUT2D eigenvalue weighted by atomic mass is 19.4. The molecule has 0 saturated carbocycles. The van der Waals surface area contributed by atoms with Crippen LogP contribution in [0.25, 0.3) is 0 Å². The molecule has 0 atom stereocenters. The number of hydrogen-bond acceptors (Lipinski definition) is 2. The Morgan fingerprint density at radius 1 is 1.21 bits per heavy atom. The smallest absolute Gasteiger partial charge is 0.372 e. The van der Waals surface area contributed by atoms with Crippen molar-refractivity contribution in [2.45, 2.75) is 32.5 Å². The van der Waals surface area contributed by atoms with E-state index in [2.05, 4.69) is 46.2 Å². The Balaban J connectivity index is 2.32. The minimum Gasteiger partial charge on any atom is -0.372 e. The average Bonchev–Trinajstić information content (AvgIpc) is 2.53. The van der Waals surface area contributed by atoms with Crippen LogP contribution in [0.4, 0.5) is 13.2 Å². The maximum Gasteiger partial charge on any atom is 0.411 e. The number of alkyl halides is 3. The number of aryl methyl sites for hydroxylation is 1. The highest BCUT2D eigenvalue weighted by Crippen LogP contribution is 2.14. The van der Waals surface area contributed by atoms with Gasteiger partial charge in [0, 0.05) is 33.8 Å². The summed E-state index contributed by atoms with van der Waals surface area (Å²) in [5.74, 6) is 0.699. The summed E-state index contributed by atoms with van der Waals surface area (Å²) in [6.07, 6.45) is -2.78. The van der Waals surface area contributed by atoms with Crippen molar-refractivity contribution in [3.8, 4) is 0 Å². The fourth-order valence-corrected chi connectivity index (χ4v) is 2.18. The van der Waals surface area contributed by atoms with Gasteiger partial charge in [-0.3, -0.25) is 4.99 Å². The van der Waals surface area contributed by atoms with Crippen molar-refractivity contribution in [1.82, 2.24) is 10.2 Å². The van der Waals surface area contributed by atoms with Crippen molar-refractivity contribution in [3.63, 3.8) is 0 Å². The molecule has 24 heavy (non-hydrogen) atoms. The predicted octanol–water partition coefficient (Wildman–Crippen LogP) is 3.23. The Labute approximate surface area is 141 Å². The number of nitrogens with one attached hydrogen (secondary N) is 1. The lowest BCUT2D eigenvalue weighted by atomic mass is 10.1. The van der Waals surface area contributed by atoms with Gasteiger partial charge in [0.05, 0.1) is 0 Å². The van der Waals surface area contributed by atoms with Crippen LogP contribution in [0.2, 0.25) is 0 Å². The molecule has 4 nitrogen and oxygen atoms in total. The van der Waals surface area contributed by atoms with E-state index in [4.69, 9.17) is 0 Å². The van der Waals surface area contributed by atoms with Crippen LogP contribution >= 0.6 is 0 Å². The van der Waals surface area contributed by atoms with Crippen LogP contribution in [-0.2, 0) is 17.7 Å². The molecule has 0 heterocycles. The maximum atomic E-state index is 11.9. The van der Waals surface area contributed by atoms with E-state index in [-0.39, 0.29) is 6.61 Å². The van der Waals surface area contributed by atoms with Gasteiger partial charge in [-0.15, -0.1) is 0 Å². The molecule has 0 fully saturated rings. The summed E-state index contributed by atoms with van der Waals surface area (Å²) in [5, 5.41) is 3.12. The summed E-state index contributed by atoms with van der Waals surface area (Å²) in [4.78, 5) is 6.16. The van der Waals surface area contributed by atoms with Gasteiger partial charge in [0.25, 0.3) is 0 Å². The number of aliphatic imine (C=N–C) groups is 1. The summed E-state index contributed by atoms with van der Waals surface area (Å²) >= 11 is 0. The van der Waals surface area contributed by atoms with Crippen LogP contribution in [0.15, 0.2) is 29.3 Å². The highest BCUT2D eigenvalue weighted by Gasteiger charge is 2.27. The van der Waals surface area contributed by atoms with E-state index < -0.39 is 12.8 Å². The highest BCUT2D eigenvalue weighted by molar-refractivity contribution is 5.79. The number of nitrogens with zero attached hydrogens (tertiary/aromatic N) is 2. The third kappa shape index (κ3) is 8.19. The molecule has 0 saturated heterocycles. The molecule has 0 aliphatic rings. The Hall–Kier alpha value is -1.76. The van der Waals surface area contributed by atoms with E-state index in [9.17, 15) is 13.2 Å². The molecule has 7 heteroatoms. The van der Waals surface area contributed by atoms with Gasteiger partial charge in [0.15, 0.2) is 5.96 Å². The van der Waals surface area contributed by atoms with E-state index in [0.29, 0.717) is 25.5 Å². The monoisotopic (exact) mass is 345 g/mol. The minimum atomic E-state index is -4.27. The third-order valence-electron chi connectivity index (χ3n) is 3.44. The molecule has 0 aliphatic heterocycles. The molecule has 0 spiro atoms. The van der Waals surface area contributed by atoms with Gasteiger partial charge < -0.3 is 15.0 Å². The first-order valence-electron chi connectivity index (χ1n) is 7.99. The van der Waals surface area contributed by atoms with Crippen molar-refractivity contribution in [2.24, 2.45) is 4.99 Å². The molecule has 0 aromatic heterocycles. The van der Waals surface area contributed by atoms with Gasteiger partial charge in [0.1, 0.15) is 6.61 Å². The first-order chi connectivity index (χ1) is 11.4. The minimum absolute atomic E-state index is 0.0612. The van der Waals surface area contributed by atoms with E-state index in [0.717, 1.165) is 6.42 Å². The molecule has 1 aromatic carbocycles. The number of ether oxygens (including phenoxy) is 1. The lowest BCUT2D eigenvalue weighted by molar-refractivity contribution is -0.173. The maximum absolute atomic E-state index is 11.9. The van der Waals surface area contributed by atoms with E-state index in [1.165, 1.54) is 11.1 Å². The van der Waals surface area contributed by atoms with Gasteiger partial charge in [0.2, 0.25) is 0 Å². The number of benzene rings is 1. The van der Waals surface area contributed by atoms with Crippen molar-refractivity contribution in [2.75, 3.05) is 33.9 Å². The lowest BCUT2D eigenvalue weighted by Crippen LogP contribution is -2.39. The molecule has 136 valence electrons. The first-order valence-corrected chi connectivity index (χ1v) is 7.99. The standard InChI is InChI=1S/C17H26F3N3O/c1-4-14-6-8-15(9-7-14)12-23(3)16(21-2)22-10-5-11-24-13-17(18,19)20/h6-9H,4-5,10-13H2,1-3H3,(H,21,22). The third-order valence-corrected chi connectivity index (χ3v) is 3.44. The molecule has 1 N–H and O–H groups in total. The quantitative estimate of drug-likeness (QED) is 0.446. The Kier molecular flexibility index (Phi) is 8.60. The van der Waals surface area contributed by atoms with Crippen molar-refractivity contribution in [1.29, 1.82) is 0 Å². The van der Waals surface area contributed by atoms with Crippen molar-refractivity contribution >= 4 is 5.96 Å². The van der Waals surface area contributed by atoms with E-state index in [1.807, 2.05) is 11.9 Å². The zero-order valence-corrected chi connectivity index (χ0v) is 14.5. The Morgan fingerprint density at radius 3 is 2.38 bits per heavy atom. The second-order valence-electron chi connectivity index (χ2n) is 5.52. The zero-order valence-electron chi connectivity index (χ0n) is 14.5. The number of hydrogen-bond donors (Lipinski definition) is 1. The second kappa shape index (κ2) is 10.2. The van der Waals surface area contributed by atoms with Crippen molar-refractivity contribution < 1.29 is 17.9 Å². The van der Waals surface area contributed by atoms with Gasteiger partial charge in [-0.1, -0.05) is 31.2 Å². The molecule has 0 amide bonds. The van der Waals surface area contributed by atoms with Crippen LogP contribution in [0.3, 0.4) is 0 Å². The predicted molar refractivity (Wildman–Crippen MR) is 90.1 cm³/mol. The average molecular weight is 345 g/mol. The molecule has 0 bridgehead atoms.